The fraction of sp³-hybridized carbons (Fsp3) is 0.125. The van der Waals surface area contributed by atoms with Gasteiger partial charge in [-0.3, -0.25) is 4.79 Å². The van der Waals surface area contributed by atoms with Crippen LogP contribution in [0, 0.1) is 0 Å². The summed E-state index contributed by atoms with van der Waals surface area (Å²) >= 11 is 1.25. The van der Waals surface area contributed by atoms with Crippen molar-refractivity contribution in [3.63, 3.8) is 0 Å². The van der Waals surface area contributed by atoms with E-state index in [9.17, 15) is 4.79 Å². The molecule has 0 saturated carbocycles. The van der Waals surface area contributed by atoms with Crippen LogP contribution in [0.15, 0.2) is 65.6 Å². The number of carbonyl (C=O) groups is 1. The molecule has 0 saturated heterocycles. The highest BCUT2D eigenvalue weighted by Crippen LogP contribution is 2.11. The molecule has 0 unspecified atom stereocenters. The average molecular weight is 328 g/mol. The summed E-state index contributed by atoms with van der Waals surface area (Å²) < 4.78 is 5.38. The lowest BCUT2D eigenvalue weighted by Gasteiger charge is -2.02. The molecule has 0 fully saturated rings. The van der Waals surface area contributed by atoms with Crippen molar-refractivity contribution in [2.24, 2.45) is 5.10 Å². The molecule has 0 spiro atoms. The number of nitrogens with one attached hydrogen (secondary N) is 1. The van der Waals surface area contributed by atoms with Crippen LogP contribution in [0.5, 0.6) is 5.75 Å². The molecule has 0 radical (unpaired) electrons. The predicted molar refractivity (Wildman–Crippen MR) is 90.6 cm³/mol. The van der Waals surface area contributed by atoms with Crippen molar-refractivity contribution >= 4 is 23.9 Å². The van der Waals surface area contributed by atoms with Crippen LogP contribution in [0.4, 0.5) is 0 Å². The van der Waals surface area contributed by atoms with E-state index in [2.05, 4.69) is 27.1 Å². The van der Waals surface area contributed by atoms with Crippen LogP contribution >= 0.6 is 11.8 Å². The van der Waals surface area contributed by atoms with Crippen LogP contribution in [0.3, 0.4) is 0 Å². The number of rotatable bonds is 8. The highest BCUT2D eigenvalue weighted by Gasteiger charge is 2.02. The molecule has 1 N–H and O–H groups in total. The minimum absolute atomic E-state index is 0.204. The largest absolute Gasteiger partial charge is 0.490 e. The summed E-state index contributed by atoms with van der Waals surface area (Å²) in [5, 5.41) is 4.47. The zero-order valence-corrected chi connectivity index (χ0v) is 13.2. The van der Waals surface area contributed by atoms with Crippen molar-refractivity contribution in [3.8, 4) is 5.75 Å². The molecule has 118 valence electrons. The van der Waals surface area contributed by atoms with E-state index in [1.807, 2.05) is 24.3 Å². The maximum Gasteiger partial charge on any atom is 0.250 e. The normalized spacial score (nSPS) is 10.4. The van der Waals surface area contributed by atoms with Crippen molar-refractivity contribution in [2.45, 2.75) is 5.16 Å². The van der Waals surface area contributed by atoms with E-state index in [1.54, 1.807) is 30.8 Å². The first kappa shape index (κ1) is 16.7. The van der Waals surface area contributed by atoms with Crippen molar-refractivity contribution in [3.05, 3.63) is 60.9 Å². The number of thioether (sulfide) groups is 1. The average Bonchev–Trinajstić information content (AvgIpc) is 2.60. The fourth-order valence-electron chi connectivity index (χ4n) is 1.51. The van der Waals surface area contributed by atoms with Gasteiger partial charge in [0, 0.05) is 12.4 Å². The van der Waals surface area contributed by atoms with Gasteiger partial charge in [0.15, 0.2) is 5.16 Å². The van der Waals surface area contributed by atoms with Crippen LogP contribution in [0.25, 0.3) is 0 Å². The van der Waals surface area contributed by atoms with Gasteiger partial charge >= 0.3 is 0 Å². The lowest BCUT2D eigenvalue weighted by Crippen LogP contribution is -2.19. The molecule has 2 aromatic rings. The second kappa shape index (κ2) is 9.37. The second-order valence-corrected chi connectivity index (χ2v) is 5.22. The molecule has 1 heterocycles. The van der Waals surface area contributed by atoms with Gasteiger partial charge in [0.25, 0.3) is 5.91 Å². The molecule has 2 rings (SSSR count). The van der Waals surface area contributed by atoms with Crippen LogP contribution in [0.2, 0.25) is 0 Å². The summed E-state index contributed by atoms with van der Waals surface area (Å²) in [5.41, 5.74) is 3.32. The van der Waals surface area contributed by atoms with Gasteiger partial charge in [-0.15, -0.1) is 0 Å². The molecular formula is C16H16N4O2S. The zero-order valence-electron chi connectivity index (χ0n) is 12.4. The van der Waals surface area contributed by atoms with Gasteiger partial charge < -0.3 is 4.74 Å². The van der Waals surface area contributed by atoms with E-state index in [0.717, 1.165) is 11.3 Å². The summed E-state index contributed by atoms with van der Waals surface area (Å²) in [5.74, 6) is 0.741. The Morgan fingerprint density at radius 2 is 2.04 bits per heavy atom. The number of ether oxygens (including phenoxy) is 1. The van der Waals surface area contributed by atoms with Crippen LogP contribution < -0.4 is 10.2 Å². The van der Waals surface area contributed by atoms with Crippen LogP contribution in [-0.2, 0) is 4.79 Å². The lowest BCUT2D eigenvalue weighted by molar-refractivity contribution is -0.118. The molecule has 1 amide bonds. The molecular weight excluding hydrogens is 312 g/mol. The van der Waals surface area contributed by atoms with E-state index in [4.69, 9.17) is 4.74 Å². The Bertz CT molecular complexity index is 660. The van der Waals surface area contributed by atoms with Crippen molar-refractivity contribution in [1.29, 1.82) is 0 Å². The minimum Gasteiger partial charge on any atom is -0.490 e. The topological polar surface area (TPSA) is 76.5 Å². The van der Waals surface area contributed by atoms with Gasteiger partial charge in [-0.2, -0.15) is 5.10 Å². The van der Waals surface area contributed by atoms with Crippen molar-refractivity contribution < 1.29 is 9.53 Å². The highest BCUT2D eigenvalue weighted by molar-refractivity contribution is 7.99. The van der Waals surface area contributed by atoms with E-state index in [0.29, 0.717) is 11.8 Å². The second-order valence-electron chi connectivity index (χ2n) is 4.28. The number of benzene rings is 1. The molecule has 1 aromatic carbocycles. The number of hydrazone groups is 1. The fourth-order valence-corrected chi connectivity index (χ4v) is 2.10. The number of amides is 1. The summed E-state index contributed by atoms with van der Waals surface area (Å²) in [4.78, 5) is 19.7. The molecule has 1 aromatic heterocycles. The molecule has 6 nitrogen and oxygen atoms in total. The third-order valence-electron chi connectivity index (χ3n) is 2.53. The Morgan fingerprint density at radius 3 is 2.74 bits per heavy atom. The van der Waals surface area contributed by atoms with E-state index in [-0.39, 0.29) is 11.7 Å². The number of carbonyl (C=O) groups excluding carboxylic acids is 1. The van der Waals surface area contributed by atoms with Gasteiger partial charge in [0.05, 0.1) is 12.0 Å². The van der Waals surface area contributed by atoms with Gasteiger partial charge in [-0.25, -0.2) is 15.4 Å². The van der Waals surface area contributed by atoms with Crippen molar-refractivity contribution in [1.82, 2.24) is 15.4 Å². The standard InChI is InChI=1S/C16H16N4O2S/c1-2-10-22-14-6-4-13(5-7-14)11-19-20-15(21)12-23-16-17-8-3-9-18-16/h2-9,11H,1,10,12H2,(H,20,21)/b19-11-. The molecule has 0 aliphatic rings. The number of hydrogen-bond acceptors (Lipinski definition) is 6. The van der Waals surface area contributed by atoms with E-state index >= 15 is 0 Å². The summed E-state index contributed by atoms with van der Waals surface area (Å²) in [6, 6.07) is 9.08. The number of aromatic nitrogens is 2. The third-order valence-corrected chi connectivity index (χ3v) is 3.40. The highest BCUT2D eigenvalue weighted by atomic mass is 32.2. The van der Waals surface area contributed by atoms with Gasteiger partial charge in [0.1, 0.15) is 12.4 Å². The maximum absolute atomic E-state index is 11.6. The third kappa shape index (κ3) is 6.31. The molecule has 0 aliphatic heterocycles. The smallest absolute Gasteiger partial charge is 0.250 e. The maximum atomic E-state index is 11.6. The first-order valence-corrected chi connectivity index (χ1v) is 7.82. The SMILES string of the molecule is C=CCOc1ccc(/C=N\NC(=O)CSc2ncccn2)cc1. The predicted octanol–water partition coefficient (Wildman–Crippen LogP) is 2.28. The van der Waals surface area contributed by atoms with Gasteiger partial charge in [-0.1, -0.05) is 24.4 Å². The molecule has 0 aliphatic carbocycles. The van der Waals surface area contributed by atoms with E-state index < -0.39 is 0 Å². The first-order valence-electron chi connectivity index (χ1n) is 6.83. The molecule has 0 bridgehead atoms. The molecule has 0 atom stereocenters. The van der Waals surface area contributed by atoms with Gasteiger partial charge in [0.2, 0.25) is 0 Å². The van der Waals surface area contributed by atoms with Gasteiger partial charge in [-0.05, 0) is 35.9 Å². The Hall–Kier alpha value is -2.67. The zero-order chi connectivity index (χ0) is 16.3. The van der Waals surface area contributed by atoms with Crippen LogP contribution in [0.1, 0.15) is 5.56 Å². The Morgan fingerprint density at radius 1 is 1.30 bits per heavy atom. The van der Waals surface area contributed by atoms with Crippen LogP contribution in [-0.4, -0.2) is 34.4 Å². The van der Waals surface area contributed by atoms with Crippen molar-refractivity contribution in [2.75, 3.05) is 12.4 Å². The lowest BCUT2D eigenvalue weighted by atomic mass is 10.2. The first-order chi connectivity index (χ1) is 11.3. The summed E-state index contributed by atoms with van der Waals surface area (Å²) in [7, 11) is 0. The van der Waals surface area contributed by atoms with E-state index in [1.165, 1.54) is 11.8 Å². The Kier molecular flexibility index (Phi) is 6.80. The Balaban J connectivity index is 1.74. The Labute approximate surface area is 138 Å². The number of hydrogen-bond donors (Lipinski definition) is 1. The quantitative estimate of drug-likeness (QED) is 0.264. The molecule has 23 heavy (non-hydrogen) atoms. The molecule has 7 heteroatoms. The summed E-state index contributed by atoms with van der Waals surface area (Å²) in [6.45, 7) is 4.05. The summed E-state index contributed by atoms with van der Waals surface area (Å²) in [6.07, 6.45) is 6.52. The number of nitrogens with zero attached hydrogens (tertiary/aromatic N) is 3. The minimum atomic E-state index is -0.218. The monoisotopic (exact) mass is 328 g/mol.